The molecule has 6 nitrogen and oxygen atoms in total. The van der Waals surface area contributed by atoms with E-state index in [0.29, 0.717) is 11.9 Å². The Morgan fingerprint density at radius 3 is 2.41 bits per heavy atom. The Bertz CT molecular complexity index is 1160. The highest BCUT2D eigenvalue weighted by molar-refractivity contribution is 6.34. The van der Waals surface area contributed by atoms with Gasteiger partial charge in [-0.15, -0.1) is 0 Å². The lowest BCUT2D eigenvalue weighted by Crippen LogP contribution is -2.35. The zero-order valence-electron chi connectivity index (χ0n) is 16.9. The van der Waals surface area contributed by atoms with Gasteiger partial charge in [0.1, 0.15) is 29.9 Å². The fourth-order valence-electron chi connectivity index (χ4n) is 3.32. The number of rotatable bonds is 6. The van der Waals surface area contributed by atoms with Crippen LogP contribution in [0.2, 0.25) is 5.15 Å². The molecule has 0 saturated carbocycles. The molecule has 2 aromatic heterocycles. The SMILES string of the molecule is CN(C)Cc1ccc2c(c1)c1nc(CC(=O)NCC(F)(F)F)nc(Cl)c1n2CC(F)(F)F. The summed E-state index contributed by atoms with van der Waals surface area (Å²) in [6, 6.07) is 4.87. The summed E-state index contributed by atoms with van der Waals surface area (Å²) in [6.07, 6.45) is -9.76. The highest BCUT2D eigenvalue weighted by atomic mass is 35.5. The van der Waals surface area contributed by atoms with Crippen molar-refractivity contribution in [3.63, 3.8) is 0 Å². The van der Waals surface area contributed by atoms with Gasteiger partial charge < -0.3 is 14.8 Å². The minimum Gasteiger partial charge on any atom is -0.347 e. The van der Waals surface area contributed by atoms with E-state index < -0.39 is 37.8 Å². The number of nitrogens with one attached hydrogen (secondary N) is 1. The van der Waals surface area contributed by atoms with E-state index in [1.165, 1.54) is 6.07 Å². The number of carbonyl (C=O) groups is 1. The molecule has 13 heteroatoms. The minimum atomic E-state index is -4.59. The lowest BCUT2D eigenvalue weighted by atomic mass is 10.1. The Hall–Kier alpha value is -2.60. The number of fused-ring (bicyclic) bond motifs is 3. The van der Waals surface area contributed by atoms with Crippen molar-refractivity contribution in [2.75, 3.05) is 20.6 Å². The van der Waals surface area contributed by atoms with Crippen molar-refractivity contribution in [1.29, 1.82) is 0 Å². The average Bonchev–Trinajstić information content (AvgIpc) is 2.91. The van der Waals surface area contributed by atoms with Crippen LogP contribution >= 0.6 is 11.6 Å². The molecule has 174 valence electrons. The van der Waals surface area contributed by atoms with Crippen LogP contribution < -0.4 is 5.32 Å². The second-order valence-corrected chi connectivity index (χ2v) is 7.85. The molecule has 0 aliphatic carbocycles. The molecule has 1 amide bonds. The van der Waals surface area contributed by atoms with Crippen LogP contribution in [0.5, 0.6) is 0 Å². The summed E-state index contributed by atoms with van der Waals surface area (Å²) in [5, 5.41) is 1.73. The summed E-state index contributed by atoms with van der Waals surface area (Å²) in [6.45, 7) is -2.36. The van der Waals surface area contributed by atoms with Crippen LogP contribution in [0.1, 0.15) is 11.4 Å². The van der Waals surface area contributed by atoms with Gasteiger partial charge in [-0.05, 0) is 31.8 Å². The maximum absolute atomic E-state index is 13.2. The third-order valence-corrected chi connectivity index (χ3v) is 4.67. The van der Waals surface area contributed by atoms with Gasteiger partial charge in [-0.2, -0.15) is 26.3 Å². The predicted molar refractivity (Wildman–Crippen MR) is 106 cm³/mol. The number of hydrogen-bond acceptors (Lipinski definition) is 4. The number of amides is 1. The van der Waals surface area contributed by atoms with Gasteiger partial charge >= 0.3 is 12.4 Å². The molecule has 0 radical (unpaired) electrons. The molecule has 2 heterocycles. The van der Waals surface area contributed by atoms with E-state index in [1.54, 1.807) is 17.4 Å². The third kappa shape index (κ3) is 5.80. The van der Waals surface area contributed by atoms with Crippen molar-refractivity contribution in [2.24, 2.45) is 0 Å². The van der Waals surface area contributed by atoms with Crippen LogP contribution in [0, 0.1) is 0 Å². The van der Waals surface area contributed by atoms with Crippen molar-refractivity contribution in [3.05, 3.63) is 34.7 Å². The second kappa shape index (κ2) is 8.74. The highest BCUT2D eigenvalue weighted by Gasteiger charge is 2.31. The first kappa shape index (κ1) is 24.1. The van der Waals surface area contributed by atoms with Crippen LogP contribution in [0.3, 0.4) is 0 Å². The van der Waals surface area contributed by atoms with Gasteiger partial charge in [0.05, 0.1) is 11.9 Å². The topological polar surface area (TPSA) is 63.1 Å². The Morgan fingerprint density at radius 2 is 1.81 bits per heavy atom. The van der Waals surface area contributed by atoms with Crippen molar-refractivity contribution < 1.29 is 31.1 Å². The van der Waals surface area contributed by atoms with Crippen LogP contribution in [0.4, 0.5) is 26.3 Å². The largest absolute Gasteiger partial charge is 0.406 e. The number of hydrogen-bond donors (Lipinski definition) is 1. The molecule has 0 unspecified atom stereocenters. The molecule has 3 aromatic rings. The summed E-state index contributed by atoms with van der Waals surface area (Å²) < 4.78 is 77.6. The zero-order valence-corrected chi connectivity index (χ0v) is 17.7. The quantitative estimate of drug-likeness (QED) is 0.426. The molecule has 32 heavy (non-hydrogen) atoms. The number of alkyl halides is 6. The molecule has 0 saturated heterocycles. The molecule has 1 N–H and O–H groups in total. The second-order valence-electron chi connectivity index (χ2n) is 7.49. The maximum Gasteiger partial charge on any atom is 0.406 e. The molecule has 0 aliphatic heterocycles. The molecule has 0 fully saturated rings. The number of nitrogens with zero attached hydrogens (tertiary/aromatic N) is 4. The highest BCUT2D eigenvalue weighted by Crippen LogP contribution is 2.34. The normalized spacial score (nSPS) is 12.8. The number of aromatic nitrogens is 3. The zero-order chi connectivity index (χ0) is 23.8. The summed E-state index contributed by atoms with van der Waals surface area (Å²) >= 11 is 6.17. The fourth-order valence-corrected chi connectivity index (χ4v) is 3.61. The number of halogens is 7. The Labute approximate surface area is 183 Å². The van der Waals surface area contributed by atoms with Gasteiger partial charge in [-0.1, -0.05) is 17.7 Å². The van der Waals surface area contributed by atoms with Crippen molar-refractivity contribution >= 4 is 39.4 Å². The van der Waals surface area contributed by atoms with E-state index in [2.05, 4.69) is 9.97 Å². The van der Waals surface area contributed by atoms with Crippen LogP contribution in [-0.4, -0.2) is 58.3 Å². The van der Waals surface area contributed by atoms with E-state index in [4.69, 9.17) is 11.6 Å². The summed E-state index contributed by atoms with van der Waals surface area (Å²) in [5.41, 5.74) is 1.03. The molecule has 0 bridgehead atoms. The standard InChI is InChI=1S/C19H18ClF6N5O/c1-30(2)7-10-3-4-12-11(5-10)15-16(31(12)9-19(24,25)26)17(20)29-13(28-15)6-14(32)27-8-18(21,22)23/h3-5H,6-9H2,1-2H3,(H,27,32). The van der Waals surface area contributed by atoms with Crippen molar-refractivity contribution in [1.82, 2.24) is 24.8 Å². The first-order chi connectivity index (χ1) is 14.7. The van der Waals surface area contributed by atoms with Crippen LogP contribution in [-0.2, 0) is 24.3 Å². The van der Waals surface area contributed by atoms with E-state index in [-0.39, 0.29) is 27.5 Å². The summed E-state index contributed by atoms with van der Waals surface area (Å²) in [5.74, 6) is -1.20. The van der Waals surface area contributed by atoms with Gasteiger partial charge in [0.2, 0.25) is 5.91 Å². The van der Waals surface area contributed by atoms with Gasteiger partial charge in [0.25, 0.3) is 0 Å². The Kier molecular flexibility index (Phi) is 6.57. The minimum absolute atomic E-state index is 0.0690. The molecule has 3 rings (SSSR count). The molecular formula is C19H18ClF6N5O. The predicted octanol–water partition coefficient (Wildman–Crippen LogP) is 4.08. The maximum atomic E-state index is 13.2. The lowest BCUT2D eigenvalue weighted by Gasteiger charge is -2.12. The first-order valence-electron chi connectivity index (χ1n) is 9.25. The van der Waals surface area contributed by atoms with E-state index in [0.717, 1.165) is 10.1 Å². The van der Waals surface area contributed by atoms with Crippen LogP contribution in [0.15, 0.2) is 18.2 Å². The lowest BCUT2D eigenvalue weighted by molar-refractivity contribution is -0.139. The van der Waals surface area contributed by atoms with E-state index >= 15 is 0 Å². The smallest absolute Gasteiger partial charge is 0.347 e. The molecule has 0 aliphatic rings. The summed E-state index contributed by atoms with van der Waals surface area (Å²) in [4.78, 5) is 21.8. The summed E-state index contributed by atoms with van der Waals surface area (Å²) in [7, 11) is 3.65. The molecular weight excluding hydrogens is 464 g/mol. The Balaban J connectivity index is 2.11. The van der Waals surface area contributed by atoms with Gasteiger partial charge in [0, 0.05) is 11.9 Å². The van der Waals surface area contributed by atoms with E-state index in [1.807, 2.05) is 19.0 Å². The average molecular weight is 482 g/mol. The van der Waals surface area contributed by atoms with Gasteiger partial charge in [-0.3, -0.25) is 4.79 Å². The monoisotopic (exact) mass is 481 g/mol. The van der Waals surface area contributed by atoms with Gasteiger partial charge in [0.15, 0.2) is 5.15 Å². The first-order valence-corrected chi connectivity index (χ1v) is 9.63. The molecule has 0 atom stereocenters. The Morgan fingerprint density at radius 1 is 1.12 bits per heavy atom. The molecule has 1 aromatic carbocycles. The molecule has 0 spiro atoms. The fraction of sp³-hybridized carbons (Fsp3) is 0.421. The third-order valence-electron chi connectivity index (χ3n) is 4.41. The van der Waals surface area contributed by atoms with Crippen molar-refractivity contribution in [3.8, 4) is 0 Å². The number of benzene rings is 1. The van der Waals surface area contributed by atoms with Crippen LogP contribution in [0.25, 0.3) is 21.9 Å². The number of carbonyl (C=O) groups excluding carboxylic acids is 1. The van der Waals surface area contributed by atoms with Gasteiger partial charge in [-0.25, -0.2) is 9.97 Å². The van der Waals surface area contributed by atoms with Crippen molar-refractivity contribution in [2.45, 2.75) is 31.9 Å². The van der Waals surface area contributed by atoms with E-state index in [9.17, 15) is 31.1 Å².